The number of carbonyl (C=O) groups is 2. The Bertz CT molecular complexity index is 856. The molecule has 0 bridgehead atoms. The van der Waals surface area contributed by atoms with Crippen LogP contribution in [0.5, 0.6) is 0 Å². The Labute approximate surface area is 160 Å². The third kappa shape index (κ3) is 3.47. The van der Waals surface area contributed by atoms with Gasteiger partial charge >= 0.3 is 0 Å². The zero-order valence-electron chi connectivity index (χ0n) is 16.4. The Hall–Kier alpha value is -2.30. The summed E-state index contributed by atoms with van der Waals surface area (Å²) in [6.45, 7) is 6.70. The van der Waals surface area contributed by atoms with E-state index in [9.17, 15) is 9.59 Å². The second-order valence-electron chi connectivity index (χ2n) is 8.09. The summed E-state index contributed by atoms with van der Waals surface area (Å²) < 4.78 is 0. The number of carbonyl (C=O) groups excluding carboxylic acids is 2. The number of aromatic nitrogens is 1. The summed E-state index contributed by atoms with van der Waals surface area (Å²) >= 11 is 0. The first-order valence-electron chi connectivity index (χ1n) is 10.2. The van der Waals surface area contributed by atoms with E-state index in [2.05, 4.69) is 18.8 Å². The lowest BCUT2D eigenvalue weighted by atomic mass is 9.88. The van der Waals surface area contributed by atoms with Crippen LogP contribution in [-0.2, 0) is 4.79 Å². The number of piperazine rings is 1. The van der Waals surface area contributed by atoms with Gasteiger partial charge in [0.2, 0.25) is 5.91 Å². The summed E-state index contributed by atoms with van der Waals surface area (Å²) in [5.41, 5.74) is 4.15. The molecule has 2 fully saturated rings. The van der Waals surface area contributed by atoms with Gasteiger partial charge in [-0.2, -0.15) is 0 Å². The molecular weight excluding hydrogens is 338 g/mol. The SMILES string of the molecule is Cc1[nH]c2ccc(C(=O)N3CCN(C(=O)C4CCCCC4)CC3)cc2c1C. The quantitative estimate of drug-likeness (QED) is 0.881. The van der Waals surface area contributed by atoms with Crippen LogP contribution in [0.15, 0.2) is 18.2 Å². The number of aromatic amines is 1. The highest BCUT2D eigenvalue weighted by atomic mass is 16.2. The van der Waals surface area contributed by atoms with Gasteiger partial charge in [-0.1, -0.05) is 19.3 Å². The molecule has 0 radical (unpaired) electrons. The fourth-order valence-corrected chi connectivity index (χ4v) is 4.51. The lowest BCUT2D eigenvalue weighted by Gasteiger charge is -2.37. The number of hydrogen-bond acceptors (Lipinski definition) is 2. The number of rotatable bonds is 2. The van der Waals surface area contributed by atoms with Crippen LogP contribution in [0.25, 0.3) is 10.9 Å². The fourth-order valence-electron chi connectivity index (χ4n) is 4.51. The molecule has 5 nitrogen and oxygen atoms in total. The maximum absolute atomic E-state index is 13.0. The molecule has 1 aliphatic carbocycles. The molecule has 4 rings (SSSR count). The number of benzene rings is 1. The molecule has 5 heteroatoms. The Balaban J connectivity index is 1.41. The molecule has 27 heavy (non-hydrogen) atoms. The van der Waals surface area contributed by atoms with Crippen molar-refractivity contribution in [1.29, 1.82) is 0 Å². The average molecular weight is 367 g/mol. The third-order valence-corrected chi connectivity index (χ3v) is 6.39. The van der Waals surface area contributed by atoms with Gasteiger partial charge in [0, 0.05) is 54.3 Å². The third-order valence-electron chi connectivity index (χ3n) is 6.39. The van der Waals surface area contributed by atoms with Crippen molar-refractivity contribution in [3.05, 3.63) is 35.0 Å². The van der Waals surface area contributed by atoms with E-state index < -0.39 is 0 Å². The highest BCUT2D eigenvalue weighted by molar-refractivity contribution is 5.99. The summed E-state index contributed by atoms with van der Waals surface area (Å²) in [7, 11) is 0. The molecule has 2 heterocycles. The van der Waals surface area contributed by atoms with Gasteiger partial charge < -0.3 is 14.8 Å². The largest absolute Gasteiger partial charge is 0.358 e. The van der Waals surface area contributed by atoms with Gasteiger partial charge in [0.15, 0.2) is 0 Å². The van der Waals surface area contributed by atoms with Crippen molar-refractivity contribution < 1.29 is 9.59 Å². The normalized spacial score (nSPS) is 18.9. The zero-order chi connectivity index (χ0) is 19.0. The summed E-state index contributed by atoms with van der Waals surface area (Å²) in [6, 6.07) is 5.89. The standard InChI is InChI=1S/C22H29N3O2/c1-15-16(2)23-20-9-8-18(14-19(15)20)22(27)25-12-10-24(11-13-25)21(26)17-6-4-3-5-7-17/h8-9,14,17,23H,3-7,10-13H2,1-2H3. The Morgan fingerprint density at radius 1 is 0.963 bits per heavy atom. The van der Waals surface area contributed by atoms with Crippen molar-refractivity contribution in [3.8, 4) is 0 Å². The molecule has 0 unspecified atom stereocenters. The summed E-state index contributed by atoms with van der Waals surface area (Å²) in [5, 5.41) is 1.12. The smallest absolute Gasteiger partial charge is 0.253 e. The molecule has 2 amide bonds. The van der Waals surface area contributed by atoms with Crippen LogP contribution < -0.4 is 0 Å². The summed E-state index contributed by atoms with van der Waals surface area (Å²) in [6.07, 6.45) is 5.68. The van der Waals surface area contributed by atoms with Crippen LogP contribution in [0, 0.1) is 19.8 Å². The molecule has 1 saturated heterocycles. The van der Waals surface area contributed by atoms with Crippen molar-refractivity contribution in [2.24, 2.45) is 5.92 Å². The number of nitrogens with one attached hydrogen (secondary N) is 1. The zero-order valence-corrected chi connectivity index (χ0v) is 16.4. The molecule has 1 aliphatic heterocycles. The van der Waals surface area contributed by atoms with Gasteiger partial charge in [0.05, 0.1) is 0 Å². The second kappa shape index (κ2) is 7.37. The fraction of sp³-hybridized carbons (Fsp3) is 0.545. The number of hydrogen-bond donors (Lipinski definition) is 1. The van der Waals surface area contributed by atoms with Gasteiger partial charge in [-0.3, -0.25) is 9.59 Å². The van der Waals surface area contributed by atoms with E-state index in [1.807, 2.05) is 28.0 Å². The highest BCUT2D eigenvalue weighted by Crippen LogP contribution is 2.26. The van der Waals surface area contributed by atoms with Crippen LogP contribution in [0.4, 0.5) is 0 Å². The minimum Gasteiger partial charge on any atom is -0.358 e. The summed E-state index contributed by atoms with van der Waals surface area (Å²) in [5.74, 6) is 0.588. The number of aryl methyl sites for hydroxylation is 2. The first-order chi connectivity index (χ1) is 13.0. The van der Waals surface area contributed by atoms with E-state index in [0.29, 0.717) is 32.1 Å². The molecule has 144 valence electrons. The lowest BCUT2D eigenvalue weighted by Crippen LogP contribution is -2.52. The minimum absolute atomic E-state index is 0.0694. The number of amides is 2. The second-order valence-corrected chi connectivity index (χ2v) is 8.09. The minimum atomic E-state index is 0.0694. The van der Waals surface area contributed by atoms with Crippen LogP contribution in [-0.4, -0.2) is 52.8 Å². The molecule has 2 aliphatic rings. The van der Waals surface area contributed by atoms with Crippen LogP contribution in [0.3, 0.4) is 0 Å². The van der Waals surface area contributed by atoms with E-state index in [4.69, 9.17) is 0 Å². The maximum atomic E-state index is 13.0. The highest BCUT2D eigenvalue weighted by Gasteiger charge is 2.30. The Morgan fingerprint density at radius 3 is 2.33 bits per heavy atom. The van der Waals surface area contributed by atoms with Gasteiger partial charge in [0.25, 0.3) is 5.91 Å². The summed E-state index contributed by atoms with van der Waals surface area (Å²) in [4.78, 5) is 32.9. The van der Waals surface area contributed by atoms with E-state index in [0.717, 1.165) is 35.0 Å². The number of H-pyrrole nitrogens is 1. The lowest BCUT2D eigenvalue weighted by molar-refractivity contribution is -0.138. The molecule has 1 saturated carbocycles. The van der Waals surface area contributed by atoms with Crippen LogP contribution in [0.1, 0.15) is 53.7 Å². The molecule has 1 aromatic carbocycles. The predicted molar refractivity (Wildman–Crippen MR) is 107 cm³/mol. The monoisotopic (exact) mass is 367 g/mol. The van der Waals surface area contributed by atoms with Gasteiger partial charge in [-0.15, -0.1) is 0 Å². The van der Waals surface area contributed by atoms with E-state index in [1.165, 1.54) is 24.8 Å². The first kappa shape index (κ1) is 18.1. The molecule has 2 aromatic rings. The number of nitrogens with zero attached hydrogens (tertiary/aromatic N) is 2. The van der Waals surface area contributed by atoms with E-state index in [-0.39, 0.29) is 11.8 Å². The van der Waals surface area contributed by atoms with Crippen molar-refractivity contribution >= 4 is 22.7 Å². The van der Waals surface area contributed by atoms with Gasteiger partial charge in [-0.25, -0.2) is 0 Å². The van der Waals surface area contributed by atoms with Gasteiger partial charge in [-0.05, 0) is 50.5 Å². The first-order valence-corrected chi connectivity index (χ1v) is 10.2. The van der Waals surface area contributed by atoms with Crippen molar-refractivity contribution in [3.63, 3.8) is 0 Å². The molecular formula is C22H29N3O2. The Morgan fingerprint density at radius 2 is 1.63 bits per heavy atom. The predicted octanol–water partition coefficient (Wildman–Crippen LogP) is 3.65. The van der Waals surface area contributed by atoms with Crippen LogP contribution in [0.2, 0.25) is 0 Å². The molecule has 1 N–H and O–H groups in total. The maximum Gasteiger partial charge on any atom is 0.253 e. The van der Waals surface area contributed by atoms with E-state index in [1.54, 1.807) is 0 Å². The molecule has 1 aromatic heterocycles. The van der Waals surface area contributed by atoms with Crippen LogP contribution >= 0.6 is 0 Å². The van der Waals surface area contributed by atoms with Crippen molar-refractivity contribution in [1.82, 2.24) is 14.8 Å². The molecule has 0 spiro atoms. The van der Waals surface area contributed by atoms with Crippen molar-refractivity contribution in [2.45, 2.75) is 46.0 Å². The molecule has 0 atom stereocenters. The van der Waals surface area contributed by atoms with Gasteiger partial charge in [0.1, 0.15) is 0 Å². The number of fused-ring (bicyclic) bond motifs is 1. The van der Waals surface area contributed by atoms with E-state index >= 15 is 0 Å². The average Bonchev–Trinajstić information content (AvgIpc) is 3.01. The Kier molecular flexibility index (Phi) is 4.94. The topological polar surface area (TPSA) is 56.4 Å². The van der Waals surface area contributed by atoms with Crippen molar-refractivity contribution in [2.75, 3.05) is 26.2 Å².